The number of rotatable bonds is 4. The first-order valence-corrected chi connectivity index (χ1v) is 5.85. The van der Waals surface area contributed by atoms with Gasteiger partial charge in [0, 0.05) is 6.54 Å². The van der Waals surface area contributed by atoms with Gasteiger partial charge in [-0.1, -0.05) is 26.0 Å². The van der Waals surface area contributed by atoms with Crippen LogP contribution in [0.4, 0.5) is 0 Å². The summed E-state index contributed by atoms with van der Waals surface area (Å²) in [6, 6.07) is 0. The van der Waals surface area contributed by atoms with E-state index in [1.165, 1.54) is 0 Å². The number of aliphatic carboxylic acids is 1. The fraction of sp³-hybridized carbons (Fsp3) is 0.667. The van der Waals surface area contributed by atoms with Gasteiger partial charge in [-0.15, -0.1) is 0 Å². The molecule has 0 aromatic rings. The quantitative estimate of drug-likeness (QED) is 0.697. The molecule has 2 bridgehead atoms. The summed E-state index contributed by atoms with van der Waals surface area (Å²) in [6.07, 6.45) is 2.68. The van der Waals surface area contributed by atoms with Crippen molar-refractivity contribution in [3.63, 3.8) is 0 Å². The number of carbonyl (C=O) groups is 2. The van der Waals surface area contributed by atoms with Crippen molar-refractivity contribution in [2.45, 2.75) is 26.1 Å². The van der Waals surface area contributed by atoms with Gasteiger partial charge in [-0.25, -0.2) is 0 Å². The zero-order chi connectivity index (χ0) is 12.6. The van der Waals surface area contributed by atoms with Crippen LogP contribution in [0.25, 0.3) is 0 Å². The molecular formula is C12H17NO4. The molecule has 4 atom stereocenters. The molecule has 0 aromatic carbocycles. The molecule has 0 aromatic heterocycles. The van der Waals surface area contributed by atoms with E-state index in [4.69, 9.17) is 9.84 Å². The molecule has 1 fully saturated rings. The van der Waals surface area contributed by atoms with Crippen molar-refractivity contribution in [2.24, 2.45) is 17.8 Å². The van der Waals surface area contributed by atoms with Crippen LogP contribution in [0.1, 0.15) is 13.8 Å². The molecule has 2 aliphatic rings. The number of carboxylic acids is 1. The highest BCUT2D eigenvalue weighted by atomic mass is 16.5. The Hall–Kier alpha value is -1.36. The topological polar surface area (TPSA) is 75.6 Å². The molecule has 0 saturated carbocycles. The molecular weight excluding hydrogens is 222 g/mol. The third kappa shape index (κ3) is 2.20. The van der Waals surface area contributed by atoms with Crippen molar-refractivity contribution in [2.75, 3.05) is 6.54 Å². The number of fused-ring (bicyclic) bond motifs is 2. The number of hydrogen-bond donors (Lipinski definition) is 2. The van der Waals surface area contributed by atoms with E-state index in [0.29, 0.717) is 12.5 Å². The Bertz CT molecular complexity index is 364. The first-order chi connectivity index (χ1) is 8.00. The third-order valence-electron chi connectivity index (χ3n) is 3.17. The lowest BCUT2D eigenvalue weighted by Crippen LogP contribution is -2.43. The lowest BCUT2D eigenvalue weighted by molar-refractivity contribution is -0.146. The number of amides is 1. The molecule has 2 aliphatic heterocycles. The van der Waals surface area contributed by atoms with Crippen molar-refractivity contribution in [1.82, 2.24) is 5.32 Å². The highest BCUT2D eigenvalue weighted by Gasteiger charge is 2.53. The van der Waals surface area contributed by atoms with Crippen molar-refractivity contribution < 1.29 is 19.4 Å². The number of ether oxygens (including phenoxy) is 1. The minimum Gasteiger partial charge on any atom is -0.481 e. The van der Waals surface area contributed by atoms with Crippen LogP contribution in [0.15, 0.2) is 12.2 Å². The Morgan fingerprint density at radius 2 is 1.88 bits per heavy atom. The Morgan fingerprint density at radius 1 is 1.29 bits per heavy atom. The Kier molecular flexibility index (Phi) is 3.19. The van der Waals surface area contributed by atoms with Gasteiger partial charge in [-0.3, -0.25) is 9.59 Å². The number of nitrogens with one attached hydrogen (secondary N) is 1. The first-order valence-electron chi connectivity index (χ1n) is 5.85. The molecule has 0 spiro atoms. The van der Waals surface area contributed by atoms with Crippen molar-refractivity contribution in [3.8, 4) is 0 Å². The summed E-state index contributed by atoms with van der Waals surface area (Å²) in [7, 11) is 0. The van der Waals surface area contributed by atoms with Gasteiger partial charge in [-0.2, -0.15) is 0 Å². The number of carboxylic acid groups (broad SMARTS) is 1. The van der Waals surface area contributed by atoms with E-state index in [0.717, 1.165) is 0 Å². The molecule has 17 heavy (non-hydrogen) atoms. The standard InChI is InChI=1S/C12H17NO4/c1-6(2)5-13-11(14)9-7-3-4-8(17-7)10(9)12(15)16/h3-4,6-10H,5H2,1-2H3,(H,13,14)(H,15,16)/t7-,8+,9+,10-/m0/s1. The number of hydrogen-bond acceptors (Lipinski definition) is 3. The summed E-state index contributed by atoms with van der Waals surface area (Å²) in [5.74, 6) is -2.19. The van der Waals surface area contributed by atoms with Crippen LogP contribution in [-0.2, 0) is 14.3 Å². The molecule has 0 radical (unpaired) electrons. The highest BCUT2D eigenvalue weighted by Crippen LogP contribution is 2.39. The lowest BCUT2D eigenvalue weighted by Gasteiger charge is -2.21. The van der Waals surface area contributed by atoms with Gasteiger partial charge in [0.2, 0.25) is 5.91 Å². The molecule has 94 valence electrons. The second-order valence-corrected chi connectivity index (χ2v) is 4.98. The molecule has 2 rings (SSSR count). The summed E-state index contributed by atoms with van der Waals surface area (Å²) >= 11 is 0. The summed E-state index contributed by atoms with van der Waals surface area (Å²) in [6.45, 7) is 4.54. The van der Waals surface area contributed by atoms with Gasteiger partial charge in [0.15, 0.2) is 0 Å². The third-order valence-corrected chi connectivity index (χ3v) is 3.17. The molecule has 5 nitrogen and oxygen atoms in total. The van der Waals surface area contributed by atoms with Crippen molar-refractivity contribution in [1.29, 1.82) is 0 Å². The zero-order valence-electron chi connectivity index (χ0n) is 9.92. The van der Waals surface area contributed by atoms with Gasteiger partial charge in [0.1, 0.15) is 5.92 Å². The molecule has 1 amide bonds. The zero-order valence-corrected chi connectivity index (χ0v) is 9.92. The minimum atomic E-state index is -0.966. The lowest BCUT2D eigenvalue weighted by atomic mass is 9.82. The maximum Gasteiger partial charge on any atom is 0.310 e. The SMILES string of the molecule is CC(C)CNC(=O)[C@H]1[C@@H](C(=O)O)[C@H]2C=C[C@@H]1O2. The highest BCUT2D eigenvalue weighted by molar-refractivity contribution is 5.87. The van der Waals surface area contributed by atoms with E-state index in [2.05, 4.69) is 5.32 Å². The van der Waals surface area contributed by atoms with Crippen LogP contribution < -0.4 is 5.32 Å². The van der Waals surface area contributed by atoms with Gasteiger partial charge >= 0.3 is 5.97 Å². The monoisotopic (exact) mass is 239 g/mol. The average Bonchev–Trinajstić information content (AvgIpc) is 2.84. The molecule has 2 heterocycles. The van der Waals surface area contributed by atoms with Crippen LogP contribution in [0, 0.1) is 17.8 Å². The Labute approximate surface area is 99.8 Å². The Morgan fingerprint density at radius 3 is 2.41 bits per heavy atom. The fourth-order valence-electron chi connectivity index (χ4n) is 2.34. The average molecular weight is 239 g/mol. The van der Waals surface area contributed by atoms with Gasteiger partial charge in [0.25, 0.3) is 0 Å². The predicted molar refractivity (Wildman–Crippen MR) is 60.3 cm³/mol. The summed E-state index contributed by atoms with van der Waals surface area (Å²) in [5, 5.41) is 11.9. The van der Waals surface area contributed by atoms with E-state index in [1.54, 1.807) is 12.2 Å². The van der Waals surface area contributed by atoms with Crippen LogP contribution in [0.2, 0.25) is 0 Å². The van der Waals surface area contributed by atoms with E-state index >= 15 is 0 Å². The summed E-state index contributed by atoms with van der Waals surface area (Å²) in [4.78, 5) is 23.1. The molecule has 0 unspecified atom stereocenters. The smallest absolute Gasteiger partial charge is 0.310 e. The molecule has 0 aliphatic carbocycles. The normalized spacial score (nSPS) is 34.3. The van der Waals surface area contributed by atoms with Crippen LogP contribution in [0.3, 0.4) is 0 Å². The van der Waals surface area contributed by atoms with E-state index in [9.17, 15) is 9.59 Å². The molecule has 2 N–H and O–H groups in total. The second kappa shape index (κ2) is 4.49. The van der Waals surface area contributed by atoms with Gasteiger partial charge < -0.3 is 15.2 Å². The van der Waals surface area contributed by atoms with E-state index in [-0.39, 0.29) is 12.0 Å². The van der Waals surface area contributed by atoms with Crippen LogP contribution in [0.5, 0.6) is 0 Å². The first kappa shape index (κ1) is 12.1. The largest absolute Gasteiger partial charge is 0.481 e. The van der Waals surface area contributed by atoms with E-state index in [1.807, 2.05) is 13.8 Å². The summed E-state index contributed by atoms with van der Waals surface area (Å²) in [5.41, 5.74) is 0. The maximum absolute atomic E-state index is 12.0. The van der Waals surface area contributed by atoms with Crippen molar-refractivity contribution >= 4 is 11.9 Å². The predicted octanol–water partition coefficient (Wildman–Crippen LogP) is 0.413. The maximum atomic E-state index is 12.0. The van der Waals surface area contributed by atoms with Crippen LogP contribution in [-0.4, -0.2) is 35.7 Å². The summed E-state index contributed by atoms with van der Waals surface area (Å²) < 4.78 is 5.43. The van der Waals surface area contributed by atoms with Gasteiger partial charge in [0.05, 0.1) is 18.1 Å². The second-order valence-electron chi connectivity index (χ2n) is 4.98. The Balaban J connectivity index is 2.06. The molecule has 1 saturated heterocycles. The van der Waals surface area contributed by atoms with E-state index < -0.39 is 23.9 Å². The number of carbonyl (C=O) groups excluding carboxylic acids is 1. The van der Waals surface area contributed by atoms with Crippen LogP contribution >= 0.6 is 0 Å². The van der Waals surface area contributed by atoms with Gasteiger partial charge in [-0.05, 0) is 5.92 Å². The molecule has 5 heteroatoms. The fourth-order valence-corrected chi connectivity index (χ4v) is 2.34. The minimum absolute atomic E-state index is 0.219. The van der Waals surface area contributed by atoms with Crippen molar-refractivity contribution in [3.05, 3.63) is 12.2 Å².